The zero-order chi connectivity index (χ0) is 22.4. The van der Waals surface area contributed by atoms with Crippen molar-refractivity contribution in [2.75, 3.05) is 13.1 Å². The van der Waals surface area contributed by atoms with Crippen LogP contribution >= 0.6 is 0 Å². The number of hydrogen-bond acceptors (Lipinski definition) is 6. The largest absolute Gasteiger partial charge is 0.344 e. The van der Waals surface area contributed by atoms with E-state index in [1.54, 1.807) is 22.7 Å². The second-order valence-electron chi connectivity index (χ2n) is 7.91. The number of nitriles is 1. The van der Waals surface area contributed by atoms with Crippen molar-refractivity contribution in [3.05, 3.63) is 42.2 Å². The van der Waals surface area contributed by atoms with Gasteiger partial charge in [0.15, 0.2) is 5.65 Å². The Labute approximate surface area is 182 Å². The molecule has 10 nitrogen and oxygen atoms in total. The first-order chi connectivity index (χ1) is 15.5. The predicted molar refractivity (Wildman–Crippen MR) is 116 cm³/mol. The second-order valence-corrected chi connectivity index (χ2v) is 7.91. The number of hydrogen-bond donors (Lipinski definition) is 2. The van der Waals surface area contributed by atoms with Crippen molar-refractivity contribution in [1.29, 1.82) is 5.26 Å². The van der Waals surface area contributed by atoms with Gasteiger partial charge in [-0.2, -0.15) is 10.4 Å². The predicted octanol–water partition coefficient (Wildman–Crippen LogP) is 1.61. The molecule has 0 saturated carbocycles. The topological polar surface area (TPSA) is 133 Å². The van der Waals surface area contributed by atoms with Gasteiger partial charge in [0.2, 0.25) is 5.91 Å². The molecule has 1 saturated heterocycles. The highest BCUT2D eigenvalue weighted by atomic mass is 16.2. The maximum atomic E-state index is 12.9. The summed E-state index contributed by atoms with van der Waals surface area (Å²) in [6.45, 7) is 2.43. The van der Waals surface area contributed by atoms with E-state index >= 15 is 0 Å². The number of aromatic amines is 1. The van der Waals surface area contributed by atoms with Crippen LogP contribution in [0.1, 0.15) is 17.3 Å². The number of nitrogens with one attached hydrogen (secondary N) is 2. The smallest absolute Gasteiger partial charge is 0.255 e. The first-order valence-corrected chi connectivity index (χ1v) is 10.2. The van der Waals surface area contributed by atoms with Crippen LogP contribution < -0.4 is 5.32 Å². The van der Waals surface area contributed by atoms with E-state index in [0.29, 0.717) is 41.2 Å². The summed E-state index contributed by atoms with van der Waals surface area (Å²) in [4.78, 5) is 39.0. The Morgan fingerprint density at radius 3 is 2.88 bits per heavy atom. The average molecular weight is 428 g/mol. The minimum absolute atomic E-state index is 0.133. The van der Waals surface area contributed by atoms with Gasteiger partial charge in [-0.05, 0) is 13.0 Å². The Morgan fingerprint density at radius 2 is 2.09 bits per heavy atom. The van der Waals surface area contributed by atoms with Crippen LogP contribution in [0.5, 0.6) is 0 Å². The number of benzene rings is 1. The van der Waals surface area contributed by atoms with Gasteiger partial charge in [0.25, 0.3) is 5.91 Å². The molecule has 4 aromatic rings. The fourth-order valence-electron chi connectivity index (χ4n) is 3.93. The van der Waals surface area contributed by atoms with Crippen molar-refractivity contribution < 1.29 is 9.59 Å². The van der Waals surface area contributed by atoms with Gasteiger partial charge in [-0.3, -0.25) is 14.3 Å². The lowest BCUT2D eigenvalue weighted by Gasteiger charge is -2.37. The van der Waals surface area contributed by atoms with Gasteiger partial charge in [-0.1, -0.05) is 18.2 Å². The zero-order valence-corrected chi connectivity index (χ0v) is 17.5. The van der Waals surface area contributed by atoms with Crippen molar-refractivity contribution in [2.45, 2.75) is 13.0 Å². The Kier molecular flexibility index (Phi) is 4.59. The van der Waals surface area contributed by atoms with Crippen LogP contribution in [0.15, 0.2) is 36.7 Å². The van der Waals surface area contributed by atoms with Crippen molar-refractivity contribution in [2.24, 2.45) is 13.0 Å². The quantitative estimate of drug-likeness (QED) is 0.507. The second kappa shape index (κ2) is 7.46. The number of amides is 2. The van der Waals surface area contributed by atoms with Gasteiger partial charge in [0.05, 0.1) is 29.3 Å². The SMILES string of the molecule is C[C@@H](NC(=O)c1c[nH]c2ncc(-c3nn(C)c4ccccc34)nc12)C(=O)N1CC(C#N)C1. The highest BCUT2D eigenvalue weighted by molar-refractivity contribution is 6.06. The third kappa shape index (κ3) is 3.15. The molecule has 2 N–H and O–H groups in total. The number of nitrogens with zero attached hydrogens (tertiary/aromatic N) is 6. The Bertz CT molecular complexity index is 1410. The molecule has 1 aromatic carbocycles. The number of para-hydroxylation sites is 1. The molecule has 3 aromatic heterocycles. The molecule has 1 aliphatic rings. The van der Waals surface area contributed by atoms with Gasteiger partial charge in [0.1, 0.15) is 22.9 Å². The molecular formula is C22H20N8O2. The standard InChI is InChI=1S/C22H20N8O2/c1-12(22(32)30-10-13(7-23)11-30)26-21(31)15-8-24-20-19(15)27-16(9-25-20)18-14-5-3-4-6-17(14)29(2)28-18/h3-6,8-9,12-13H,10-11H2,1-2H3,(H,24,25)(H,26,31)/t12-/m1/s1. The lowest BCUT2D eigenvalue weighted by Crippen LogP contribution is -2.55. The third-order valence-electron chi connectivity index (χ3n) is 5.72. The molecule has 0 unspecified atom stereocenters. The number of carbonyl (C=O) groups excluding carboxylic acids is 2. The van der Waals surface area contributed by atoms with Gasteiger partial charge in [-0.25, -0.2) is 9.97 Å². The number of H-pyrrole nitrogens is 1. The number of fused-ring (bicyclic) bond motifs is 2. The molecule has 0 bridgehead atoms. The summed E-state index contributed by atoms with van der Waals surface area (Å²) < 4.78 is 1.78. The van der Waals surface area contributed by atoms with Crippen LogP contribution in [0, 0.1) is 17.2 Å². The molecule has 0 radical (unpaired) electrons. The monoisotopic (exact) mass is 428 g/mol. The highest BCUT2D eigenvalue weighted by Crippen LogP contribution is 2.27. The fraction of sp³-hybridized carbons (Fsp3) is 0.273. The number of aromatic nitrogens is 5. The summed E-state index contributed by atoms with van der Waals surface area (Å²) in [6.07, 6.45) is 3.16. The normalized spacial score (nSPS) is 14.8. The van der Waals surface area contributed by atoms with Gasteiger partial charge < -0.3 is 15.2 Å². The maximum absolute atomic E-state index is 12.9. The van der Waals surface area contributed by atoms with E-state index in [1.807, 2.05) is 31.3 Å². The molecule has 1 atom stereocenters. The fourth-order valence-corrected chi connectivity index (χ4v) is 3.93. The highest BCUT2D eigenvalue weighted by Gasteiger charge is 2.33. The summed E-state index contributed by atoms with van der Waals surface area (Å²) in [7, 11) is 1.86. The maximum Gasteiger partial charge on any atom is 0.255 e. The lowest BCUT2D eigenvalue weighted by atomic mass is 10.0. The van der Waals surface area contributed by atoms with Crippen LogP contribution in [0.2, 0.25) is 0 Å². The Hall–Kier alpha value is -4.26. The van der Waals surface area contributed by atoms with Crippen LogP contribution in [-0.4, -0.2) is 60.6 Å². The third-order valence-corrected chi connectivity index (χ3v) is 5.72. The van der Waals surface area contributed by atoms with Crippen LogP contribution in [-0.2, 0) is 11.8 Å². The van der Waals surface area contributed by atoms with Gasteiger partial charge >= 0.3 is 0 Å². The number of rotatable bonds is 4. The van der Waals surface area contributed by atoms with Crippen LogP contribution in [0.4, 0.5) is 0 Å². The molecule has 2 amide bonds. The van der Waals surface area contributed by atoms with E-state index in [2.05, 4.69) is 31.4 Å². The molecule has 0 aliphatic carbocycles. The van der Waals surface area contributed by atoms with Crippen LogP contribution in [0.3, 0.4) is 0 Å². The van der Waals surface area contributed by atoms with Crippen molar-refractivity contribution in [3.63, 3.8) is 0 Å². The molecule has 32 heavy (non-hydrogen) atoms. The van der Waals surface area contributed by atoms with Gasteiger partial charge in [0, 0.05) is 31.7 Å². The molecule has 10 heteroatoms. The molecule has 4 heterocycles. The van der Waals surface area contributed by atoms with E-state index in [9.17, 15) is 9.59 Å². The minimum Gasteiger partial charge on any atom is -0.344 e. The number of aryl methyl sites for hydroxylation is 1. The summed E-state index contributed by atoms with van der Waals surface area (Å²) in [6, 6.07) is 9.23. The van der Waals surface area contributed by atoms with E-state index in [0.717, 1.165) is 10.9 Å². The molecule has 0 spiro atoms. The first kappa shape index (κ1) is 19.7. The van der Waals surface area contributed by atoms with Crippen molar-refractivity contribution >= 4 is 33.9 Å². The summed E-state index contributed by atoms with van der Waals surface area (Å²) in [5.74, 6) is -0.768. The van der Waals surface area contributed by atoms with E-state index in [-0.39, 0.29) is 11.8 Å². The van der Waals surface area contributed by atoms with Crippen molar-refractivity contribution in [3.8, 4) is 17.5 Å². The molecule has 1 fully saturated rings. The van der Waals surface area contributed by atoms with E-state index in [1.165, 1.54) is 6.20 Å². The summed E-state index contributed by atoms with van der Waals surface area (Å²) in [5, 5.41) is 17.1. The Morgan fingerprint density at radius 1 is 1.31 bits per heavy atom. The number of carbonyl (C=O) groups is 2. The average Bonchev–Trinajstić information content (AvgIpc) is 3.34. The first-order valence-electron chi connectivity index (χ1n) is 10.2. The van der Waals surface area contributed by atoms with E-state index in [4.69, 9.17) is 5.26 Å². The Balaban J connectivity index is 1.42. The summed E-state index contributed by atoms with van der Waals surface area (Å²) >= 11 is 0. The lowest BCUT2D eigenvalue weighted by molar-refractivity contribution is -0.137. The number of likely N-dealkylation sites (tertiary alicyclic amines) is 1. The summed E-state index contributed by atoms with van der Waals surface area (Å²) in [5.41, 5.74) is 3.37. The molecule has 160 valence electrons. The zero-order valence-electron chi connectivity index (χ0n) is 17.5. The van der Waals surface area contributed by atoms with Crippen molar-refractivity contribution in [1.82, 2.24) is 34.9 Å². The minimum atomic E-state index is -0.719. The molecule has 5 rings (SSSR count). The molecular weight excluding hydrogens is 408 g/mol. The molecule has 1 aliphatic heterocycles. The van der Waals surface area contributed by atoms with Gasteiger partial charge in [-0.15, -0.1) is 0 Å². The van der Waals surface area contributed by atoms with Crippen LogP contribution in [0.25, 0.3) is 33.5 Å². The van der Waals surface area contributed by atoms with E-state index < -0.39 is 11.9 Å².